The topological polar surface area (TPSA) is 25.4 Å². The SMILES string of the molecule is C1=C(c2nc(N3CCOCC3)cc3ccccc23)CCC1. The van der Waals surface area contributed by atoms with Crippen LogP contribution in [0.25, 0.3) is 16.3 Å². The Morgan fingerprint density at radius 3 is 2.76 bits per heavy atom. The molecule has 2 aromatic rings. The van der Waals surface area contributed by atoms with E-state index >= 15 is 0 Å². The molecule has 3 heteroatoms. The van der Waals surface area contributed by atoms with Crippen LogP contribution in [-0.4, -0.2) is 31.3 Å². The summed E-state index contributed by atoms with van der Waals surface area (Å²) in [7, 11) is 0. The number of nitrogens with zero attached hydrogens (tertiary/aromatic N) is 2. The second-order valence-corrected chi connectivity index (χ2v) is 5.77. The van der Waals surface area contributed by atoms with Crippen molar-refractivity contribution in [1.82, 2.24) is 4.98 Å². The average molecular weight is 280 g/mol. The molecule has 2 heterocycles. The first-order valence-electron chi connectivity index (χ1n) is 7.84. The molecule has 1 aliphatic heterocycles. The number of morpholine rings is 1. The molecule has 108 valence electrons. The molecule has 0 amide bonds. The van der Waals surface area contributed by atoms with Crippen molar-refractivity contribution < 1.29 is 4.74 Å². The molecule has 0 radical (unpaired) electrons. The van der Waals surface area contributed by atoms with Crippen molar-refractivity contribution in [2.75, 3.05) is 31.2 Å². The van der Waals surface area contributed by atoms with E-state index in [9.17, 15) is 0 Å². The third-order valence-electron chi connectivity index (χ3n) is 4.41. The number of ether oxygens (including phenoxy) is 1. The van der Waals surface area contributed by atoms with Crippen molar-refractivity contribution in [2.24, 2.45) is 0 Å². The predicted molar refractivity (Wildman–Crippen MR) is 86.6 cm³/mol. The lowest BCUT2D eigenvalue weighted by atomic mass is 10.0. The number of allylic oxidation sites excluding steroid dienone is 2. The largest absolute Gasteiger partial charge is 0.378 e. The number of fused-ring (bicyclic) bond motifs is 1. The quantitative estimate of drug-likeness (QED) is 0.840. The van der Waals surface area contributed by atoms with Gasteiger partial charge in [-0.25, -0.2) is 4.98 Å². The Bertz CT molecular complexity index is 687. The first-order valence-corrected chi connectivity index (χ1v) is 7.84. The molecule has 2 aliphatic rings. The summed E-state index contributed by atoms with van der Waals surface area (Å²) in [5.74, 6) is 1.10. The first-order chi connectivity index (χ1) is 10.4. The van der Waals surface area contributed by atoms with E-state index in [4.69, 9.17) is 9.72 Å². The van der Waals surface area contributed by atoms with E-state index in [0.717, 1.165) is 38.5 Å². The predicted octanol–water partition coefficient (Wildman–Crippen LogP) is 3.64. The van der Waals surface area contributed by atoms with Gasteiger partial charge in [0.25, 0.3) is 0 Å². The minimum Gasteiger partial charge on any atom is -0.378 e. The molecule has 0 saturated carbocycles. The highest BCUT2D eigenvalue weighted by Crippen LogP contribution is 2.33. The van der Waals surface area contributed by atoms with Crippen molar-refractivity contribution in [1.29, 1.82) is 0 Å². The third kappa shape index (κ3) is 2.42. The van der Waals surface area contributed by atoms with E-state index in [0.29, 0.717) is 0 Å². The summed E-state index contributed by atoms with van der Waals surface area (Å²) in [6, 6.07) is 10.8. The van der Waals surface area contributed by atoms with Gasteiger partial charge in [-0.15, -0.1) is 0 Å². The number of pyridine rings is 1. The zero-order valence-electron chi connectivity index (χ0n) is 12.2. The van der Waals surface area contributed by atoms with Crippen LogP contribution >= 0.6 is 0 Å². The summed E-state index contributed by atoms with van der Waals surface area (Å²) >= 11 is 0. The minimum atomic E-state index is 0.798. The standard InChI is InChI=1S/C18H20N2O/c1-2-6-14(5-1)18-16-8-4-3-7-15(16)13-17(19-18)20-9-11-21-12-10-20/h3-5,7-8,13H,1-2,6,9-12H2. The number of anilines is 1. The van der Waals surface area contributed by atoms with Crippen molar-refractivity contribution in [3.05, 3.63) is 42.1 Å². The Hall–Kier alpha value is -1.87. The second kappa shape index (κ2) is 5.49. The summed E-state index contributed by atoms with van der Waals surface area (Å²) in [6.45, 7) is 3.47. The molecule has 0 spiro atoms. The number of aromatic nitrogens is 1. The van der Waals surface area contributed by atoms with E-state index in [1.165, 1.54) is 34.9 Å². The van der Waals surface area contributed by atoms with Crippen LogP contribution < -0.4 is 4.90 Å². The van der Waals surface area contributed by atoms with E-state index in [1.807, 2.05) is 0 Å². The molecule has 0 N–H and O–H groups in total. The smallest absolute Gasteiger partial charge is 0.130 e. The van der Waals surface area contributed by atoms with Crippen molar-refractivity contribution in [3.8, 4) is 0 Å². The lowest BCUT2D eigenvalue weighted by Crippen LogP contribution is -2.36. The Morgan fingerprint density at radius 2 is 1.95 bits per heavy atom. The number of hydrogen-bond acceptors (Lipinski definition) is 3. The summed E-state index contributed by atoms with van der Waals surface area (Å²) in [6.07, 6.45) is 5.96. The van der Waals surface area contributed by atoms with Gasteiger partial charge in [-0.3, -0.25) is 0 Å². The zero-order chi connectivity index (χ0) is 14.1. The number of hydrogen-bond donors (Lipinski definition) is 0. The van der Waals surface area contributed by atoms with E-state index in [1.54, 1.807) is 0 Å². The van der Waals surface area contributed by atoms with Gasteiger partial charge in [0.2, 0.25) is 0 Å². The Morgan fingerprint density at radius 1 is 1.10 bits per heavy atom. The summed E-state index contributed by atoms with van der Waals surface area (Å²) < 4.78 is 5.46. The lowest BCUT2D eigenvalue weighted by molar-refractivity contribution is 0.122. The Labute approximate surface area is 125 Å². The van der Waals surface area contributed by atoms with Crippen LogP contribution in [0.3, 0.4) is 0 Å². The monoisotopic (exact) mass is 280 g/mol. The molecule has 0 atom stereocenters. The molecule has 4 rings (SSSR count). The fourth-order valence-corrected chi connectivity index (χ4v) is 3.27. The van der Waals surface area contributed by atoms with Gasteiger partial charge in [-0.2, -0.15) is 0 Å². The van der Waals surface area contributed by atoms with Gasteiger partial charge >= 0.3 is 0 Å². The van der Waals surface area contributed by atoms with Crippen LogP contribution in [0.4, 0.5) is 5.82 Å². The molecule has 0 unspecified atom stereocenters. The van der Waals surface area contributed by atoms with Gasteiger partial charge in [-0.1, -0.05) is 30.3 Å². The Kier molecular flexibility index (Phi) is 3.36. The van der Waals surface area contributed by atoms with Crippen LogP contribution in [0, 0.1) is 0 Å². The highest BCUT2D eigenvalue weighted by molar-refractivity contribution is 5.94. The van der Waals surface area contributed by atoms with E-state index < -0.39 is 0 Å². The summed E-state index contributed by atoms with van der Waals surface area (Å²) in [4.78, 5) is 7.35. The molecule has 1 aliphatic carbocycles. The average Bonchev–Trinajstić information content (AvgIpc) is 3.09. The van der Waals surface area contributed by atoms with Crippen LogP contribution in [0.2, 0.25) is 0 Å². The van der Waals surface area contributed by atoms with Crippen LogP contribution in [0.5, 0.6) is 0 Å². The van der Waals surface area contributed by atoms with Crippen molar-refractivity contribution >= 4 is 22.2 Å². The molecular formula is C18H20N2O. The number of rotatable bonds is 2. The van der Waals surface area contributed by atoms with Gasteiger partial charge in [0.15, 0.2) is 0 Å². The van der Waals surface area contributed by atoms with Crippen LogP contribution in [0.1, 0.15) is 25.0 Å². The summed E-state index contributed by atoms with van der Waals surface area (Å²) in [5.41, 5.74) is 2.61. The maximum absolute atomic E-state index is 5.46. The lowest BCUT2D eigenvalue weighted by Gasteiger charge is -2.28. The van der Waals surface area contributed by atoms with Crippen LogP contribution in [-0.2, 0) is 4.74 Å². The van der Waals surface area contributed by atoms with Crippen molar-refractivity contribution in [2.45, 2.75) is 19.3 Å². The van der Waals surface area contributed by atoms with E-state index in [2.05, 4.69) is 41.3 Å². The molecular weight excluding hydrogens is 260 g/mol. The number of benzene rings is 1. The van der Waals surface area contributed by atoms with Gasteiger partial charge in [0.1, 0.15) is 5.82 Å². The molecule has 21 heavy (non-hydrogen) atoms. The molecule has 1 fully saturated rings. The van der Waals surface area contributed by atoms with Crippen molar-refractivity contribution in [3.63, 3.8) is 0 Å². The van der Waals surface area contributed by atoms with Crippen LogP contribution in [0.15, 0.2) is 36.4 Å². The highest BCUT2D eigenvalue weighted by atomic mass is 16.5. The maximum atomic E-state index is 5.46. The Balaban J connectivity index is 1.84. The minimum absolute atomic E-state index is 0.798. The fourth-order valence-electron chi connectivity index (χ4n) is 3.27. The first kappa shape index (κ1) is 12.8. The third-order valence-corrected chi connectivity index (χ3v) is 4.41. The maximum Gasteiger partial charge on any atom is 0.130 e. The zero-order valence-corrected chi connectivity index (χ0v) is 12.2. The fraction of sp³-hybridized carbons (Fsp3) is 0.389. The van der Waals surface area contributed by atoms with Gasteiger partial charge in [0, 0.05) is 18.5 Å². The summed E-state index contributed by atoms with van der Waals surface area (Å²) in [5, 5.41) is 2.57. The molecule has 1 saturated heterocycles. The van der Waals surface area contributed by atoms with E-state index in [-0.39, 0.29) is 0 Å². The molecule has 0 bridgehead atoms. The highest BCUT2D eigenvalue weighted by Gasteiger charge is 2.17. The second-order valence-electron chi connectivity index (χ2n) is 5.77. The van der Waals surface area contributed by atoms with Gasteiger partial charge < -0.3 is 9.64 Å². The molecule has 1 aromatic heterocycles. The normalized spacial score (nSPS) is 19.0. The van der Waals surface area contributed by atoms with Gasteiger partial charge in [-0.05, 0) is 36.3 Å². The molecule has 1 aromatic carbocycles. The molecule has 3 nitrogen and oxygen atoms in total. The van der Waals surface area contributed by atoms with Gasteiger partial charge in [0.05, 0.1) is 18.9 Å².